The number of alkyl halides is 3. The van der Waals surface area contributed by atoms with Gasteiger partial charge in [-0.1, -0.05) is 11.6 Å². The third-order valence-corrected chi connectivity index (χ3v) is 2.78. The summed E-state index contributed by atoms with van der Waals surface area (Å²) in [7, 11) is 0. The smallest absolute Gasteiger partial charge is 0.285 e. The third kappa shape index (κ3) is 2.98. The van der Waals surface area contributed by atoms with Crippen molar-refractivity contribution in [1.82, 2.24) is 4.90 Å². The fourth-order valence-corrected chi connectivity index (χ4v) is 1.82. The van der Waals surface area contributed by atoms with Gasteiger partial charge in [-0.25, -0.2) is 4.79 Å². The minimum absolute atomic E-state index is 0.189. The van der Waals surface area contributed by atoms with Gasteiger partial charge in [-0.15, -0.1) is 0 Å². The lowest BCUT2D eigenvalue weighted by atomic mass is 10.3. The number of urea groups is 1. The normalized spacial score (nSPS) is 16.4. The van der Waals surface area contributed by atoms with Gasteiger partial charge in [-0.05, 0) is 24.3 Å². The van der Waals surface area contributed by atoms with Crippen molar-refractivity contribution < 1.29 is 22.8 Å². The van der Waals surface area contributed by atoms with Gasteiger partial charge in [0, 0.05) is 10.7 Å². The van der Waals surface area contributed by atoms with E-state index >= 15 is 0 Å². The van der Waals surface area contributed by atoms with Gasteiger partial charge >= 0.3 is 12.2 Å². The second-order valence-electron chi connectivity index (χ2n) is 3.94. The first kappa shape index (κ1) is 13.7. The van der Waals surface area contributed by atoms with Crippen LogP contribution in [-0.2, 0) is 4.79 Å². The molecule has 0 aromatic heterocycles. The van der Waals surface area contributed by atoms with Gasteiger partial charge < -0.3 is 0 Å². The van der Waals surface area contributed by atoms with Crippen LogP contribution in [0.5, 0.6) is 0 Å². The summed E-state index contributed by atoms with van der Waals surface area (Å²) in [6, 6.07) is 4.92. The van der Waals surface area contributed by atoms with E-state index in [1.54, 1.807) is 0 Å². The Kier molecular flexibility index (Phi) is 3.40. The number of nitrogens with zero attached hydrogens (tertiary/aromatic N) is 2. The van der Waals surface area contributed by atoms with Crippen molar-refractivity contribution in [3.8, 4) is 0 Å². The van der Waals surface area contributed by atoms with Crippen LogP contribution in [0, 0.1) is 0 Å². The molecule has 4 nitrogen and oxygen atoms in total. The number of hydrogen-bond acceptors (Lipinski definition) is 2. The molecule has 0 N–H and O–H groups in total. The Balaban J connectivity index is 2.20. The first-order valence-electron chi connectivity index (χ1n) is 5.22. The maximum atomic E-state index is 12.3. The quantitative estimate of drug-likeness (QED) is 0.786. The Morgan fingerprint density at radius 1 is 1.16 bits per heavy atom. The van der Waals surface area contributed by atoms with Crippen molar-refractivity contribution in [2.75, 3.05) is 18.0 Å². The highest BCUT2D eigenvalue weighted by Gasteiger charge is 2.43. The van der Waals surface area contributed by atoms with E-state index in [-0.39, 0.29) is 4.90 Å². The number of imide groups is 1. The van der Waals surface area contributed by atoms with Gasteiger partial charge in [-0.3, -0.25) is 14.6 Å². The predicted molar refractivity (Wildman–Crippen MR) is 62.0 cm³/mol. The molecule has 0 atom stereocenters. The Bertz CT molecular complexity index is 516. The van der Waals surface area contributed by atoms with Gasteiger partial charge in [-0.2, -0.15) is 13.2 Å². The topological polar surface area (TPSA) is 40.6 Å². The van der Waals surface area contributed by atoms with Crippen LogP contribution in [0.25, 0.3) is 0 Å². The zero-order valence-electron chi connectivity index (χ0n) is 9.45. The Labute approximate surface area is 111 Å². The average Bonchev–Trinajstić information content (AvgIpc) is 2.56. The maximum absolute atomic E-state index is 12.3. The maximum Gasteiger partial charge on any atom is 0.406 e. The third-order valence-electron chi connectivity index (χ3n) is 2.53. The molecule has 0 bridgehead atoms. The zero-order chi connectivity index (χ0) is 14.2. The molecule has 102 valence electrons. The molecule has 1 fully saturated rings. The Morgan fingerprint density at radius 2 is 1.74 bits per heavy atom. The highest BCUT2D eigenvalue weighted by molar-refractivity contribution is 6.30. The van der Waals surface area contributed by atoms with E-state index in [2.05, 4.69) is 0 Å². The fourth-order valence-electron chi connectivity index (χ4n) is 1.70. The molecule has 3 amide bonds. The van der Waals surface area contributed by atoms with Crippen molar-refractivity contribution >= 4 is 29.2 Å². The van der Waals surface area contributed by atoms with Crippen LogP contribution in [0.3, 0.4) is 0 Å². The lowest BCUT2D eigenvalue weighted by molar-refractivity contribution is -0.151. The SMILES string of the molecule is O=C1CN(c2ccc(Cl)cc2)C(=O)N1CC(F)(F)F. The van der Waals surface area contributed by atoms with Crippen LogP contribution in [0.4, 0.5) is 23.7 Å². The summed E-state index contributed by atoms with van der Waals surface area (Å²) in [6.45, 7) is -1.98. The lowest BCUT2D eigenvalue weighted by Crippen LogP contribution is -2.39. The second-order valence-corrected chi connectivity index (χ2v) is 4.38. The van der Waals surface area contributed by atoms with Crippen LogP contribution in [-0.4, -0.2) is 36.1 Å². The highest BCUT2D eigenvalue weighted by Crippen LogP contribution is 2.25. The fraction of sp³-hybridized carbons (Fsp3) is 0.273. The second kappa shape index (κ2) is 4.73. The van der Waals surface area contributed by atoms with Crippen molar-refractivity contribution in [3.63, 3.8) is 0 Å². The standard InChI is InChI=1S/C11H8ClF3N2O2/c12-7-1-3-8(4-2-7)16-5-9(18)17(10(16)19)6-11(13,14)15/h1-4H,5-6H2. The Morgan fingerprint density at radius 3 is 2.26 bits per heavy atom. The number of rotatable bonds is 2. The number of carbonyl (C=O) groups is 2. The molecule has 1 heterocycles. The summed E-state index contributed by atoms with van der Waals surface area (Å²) in [5, 5.41) is 0.425. The molecule has 1 aliphatic rings. The minimum Gasteiger partial charge on any atom is -0.285 e. The zero-order valence-corrected chi connectivity index (χ0v) is 10.2. The molecular weight excluding hydrogens is 285 g/mol. The van der Waals surface area contributed by atoms with Gasteiger partial charge in [0.25, 0.3) is 5.91 Å². The Hall–Kier alpha value is -1.76. The summed E-state index contributed by atoms with van der Waals surface area (Å²) >= 11 is 5.67. The number of amides is 3. The summed E-state index contributed by atoms with van der Waals surface area (Å²) in [6.07, 6.45) is -4.61. The molecule has 19 heavy (non-hydrogen) atoms. The van der Waals surface area contributed by atoms with E-state index in [1.165, 1.54) is 24.3 Å². The molecule has 1 aromatic carbocycles. The van der Waals surface area contributed by atoms with Crippen molar-refractivity contribution in [3.05, 3.63) is 29.3 Å². The molecule has 0 unspecified atom stereocenters. The minimum atomic E-state index is -4.61. The van der Waals surface area contributed by atoms with Crippen LogP contribution in [0.2, 0.25) is 5.02 Å². The van der Waals surface area contributed by atoms with Crippen molar-refractivity contribution in [1.29, 1.82) is 0 Å². The lowest BCUT2D eigenvalue weighted by Gasteiger charge is -2.18. The van der Waals surface area contributed by atoms with E-state index in [9.17, 15) is 22.8 Å². The van der Waals surface area contributed by atoms with E-state index in [4.69, 9.17) is 11.6 Å². The number of anilines is 1. The highest BCUT2D eigenvalue weighted by atomic mass is 35.5. The van der Waals surface area contributed by atoms with Crippen LogP contribution >= 0.6 is 11.6 Å². The molecule has 1 aromatic rings. The molecule has 0 aliphatic carbocycles. The molecule has 0 spiro atoms. The number of halogens is 4. The molecule has 1 aliphatic heterocycles. The van der Waals surface area contributed by atoms with E-state index in [0.29, 0.717) is 10.7 Å². The van der Waals surface area contributed by atoms with Gasteiger partial charge in [0.1, 0.15) is 13.1 Å². The van der Waals surface area contributed by atoms with Crippen LogP contribution in [0.1, 0.15) is 0 Å². The number of hydrogen-bond donors (Lipinski definition) is 0. The predicted octanol–water partition coefficient (Wildman–Crippen LogP) is 2.67. The van der Waals surface area contributed by atoms with E-state index in [0.717, 1.165) is 4.90 Å². The molecule has 0 radical (unpaired) electrons. The molecular formula is C11H8ClF3N2O2. The molecule has 8 heteroatoms. The molecule has 1 saturated heterocycles. The van der Waals surface area contributed by atoms with E-state index < -0.39 is 31.2 Å². The van der Waals surface area contributed by atoms with Gasteiger partial charge in [0.05, 0.1) is 0 Å². The van der Waals surface area contributed by atoms with Crippen molar-refractivity contribution in [2.24, 2.45) is 0 Å². The monoisotopic (exact) mass is 292 g/mol. The first-order chi connectivity index (χ1) is 8.78. The number of benzene rings is 1. The molecule has 2 rings (SSSR count). The molecule has 0 saturated carbocycles. The first-order valence-corrected chi connectivity index (χ1v) is 5.60. The van der Waals surface area contributed by atoms with Gasteiger partial charge in [0.2, 0.25) is 0 Å². The summed E-state index contributed by atoms with van der Waals surface area (Å²) in [5.41, 5.74) is 0.326. The van der Waals surface area contributed by atoms with Gasteiger partial charge in [0.15, 0.2) is 0 Å². The van der Waals surface area contributed by atoms with Crippen LogP contribution < -0.4 is 4.90 Å². The summed E-state index contributed by atoms with van der Waals surface area (Å²) < 4.78 is 36.8. The van der Waals surface area contributed by atoms with Crippen molar-refractivity contribution in [2.45, 2.75) is 6.18 Å². The van der Waals surface area contributed by atoms with Crippen LogP contribution in [0.15, 0.2) is 24.3 Å². The largest absolute Gasteiger partial charge is 0.406 e. The van der Waals surface area contributed by atoms with E-state index in [1.807, 2.05) is 0 Å². The summed E-state index contributed by atoms with van der Waals surface area (Å²) in [5.74, 6) is -0.878. The number of carbonyl (C=O) groups excluding carboxylic acids is 2. The average molecular weight is 293 g/mol. The summed E-state index contributed by atoms with van der Waals surface area (Å²) in [4.78, 5) is 24.4.